The van der Waals surface area contributed by atoms with Gasteiger partial charge in [0.15, 0.2) is 0 Å². The van der Waals surface area contributed by atoms with Crippen molar-refractivity contribution < 1.29 is 18.9 Å². The molecule has 0 amide bonds. The molecule has 4 bridgehead atoms. The number of aromatic nitrogens is 4. The molecule has 10 nitrogen and oxygen atoms in total. The maximum absolute atomic E-state index is 7.26. The average molecular weight is 775 g/mol. The van der Waals surface area contributed by atoms with E-state index >= 15 is 0 Å². The van der Waals surface area contributed by atoms with Crippen molar-refractivity contribution in [3.05, 3.63) is 122 Å². The Morgan fingerprint density at radius 2 is 1.09 bits per heavy atom. The standard InChI is InChI=1S/C48H50N6O4/c1-5-29-27-53-21-17-31(29)23-43(53)45(35-15-19-49-41-13-11-33(55-3)25-39(35)41)57-47-37-9-7-8-10-38(37)48(52-51-47)58-46(44-24-32-18-22-54(44)28-30(32)6-2)36-16-20-50-42-14-12-34(56-4)26-40(36)42/h5-16,19-20,25-26,29-32,43-46H,1-2,17-18,21-24,27-28H2,3-4H3/t29?,30?,31?,32?,43?,44?,45-,46?/m0/s1. The number of methoxy groups -OCH3 is 2. The highest BCUT2D eigenvalue weighted by Gasteiger charge is 2.46. The molecule has 0 aliphatic carbocycles. The summed E-state index contributed by atoms with van der Waals surface area (Å²) < 4.78 is 25.9. The molecule has 12 rings (SSSR count). The van der Waals surface area contributed by atoms with Crippen molar-refractivity contribution in [1.29, 1.82) is 0 Å². The molecule has 6 aliphatic rings. The predicted octanol–water partition coefficient (Wildman–Crippen LogP) is 8.78. The number of ether oxygens (including phenoxy) is 4. The van der Waals surface area contributed by atoms with Crippen LogP contribution in [0, 0.1) is 23.7 Å². The Morgan fingerprint density at radius 1 is 0.621 bits per heavy atom. The molecule has 10 atom stereocenters. The van der Waals surface area contributed by atoms with Crippen LogP contribution >= 0.6 is 0 Å². The normalized spacial score (nSPS) is 27.3. The SMILES string of the molecule is C=CC1CN2CCC1CC2C(Oc1nnc(O[C@@H](c2ccnc3ccc(OC)cc23)C2CC3CCN2CC3C=C)c2ccccc12)c1ccnc2ccc(OC)cc12. The van der Waals surface area contributed by atoms with E-state index in [0.29, 0.717) is 35.4 Å². The zero-order valence-corrected chi connectivity index (χ0v) is 33.2. The molecule has 0 spiro atoms. The van der Waals surface area contributed by atoms with Crippen LogP contribution in [0.2, 0.25) is 0 Å². The molecule has 0 saturated carbocycles. The highest BCUT2D eigenvalue weighted by molar-refractivity contribution is 5.91. The van der Waals surface area contributed by atoms with Gasteiger partial charge in [0.25, 0.3) is 0 Å². The molecule has 6 aliphatic heterocycles. The maximum Gasteiger partial charge on any atom is 0.242 e. The maximum atomic E-state index is 7.26. The molecular formula is C48H50N6O4. The summed E-state index contributed by atoms with van der Waals surface area (Å²) in [7, 11) is 3.40. The highest BCUT2D eigenvalue weighted by atomic mass is 16.5. The summed E-state index contributed by atoms with van der Waals surface area (Å²) in [6.45, 7) is 12.3. The fraction of sp³-hybridized carbons (Fsp3) is 0.375. The van der Waals surface area contributed by atoms with Gasteiger partial charge in [-0.05, 0) is 123 Å². The van der Waals surface area contributed by atoms with Gasteiger partial charge in [-0.25, -0.2) is 0 Å². The zero-order valence-electron chi connectivity index (χ0n) is 33.2. The monoisotopic (exact) mass is 774 g/mol. The minimum Gasteiger partial charge on any atom is -0.497 e. The molecule has 58 heavy (non-hydrogen) atoms. The second-order valence-electron chi connectivity index (χ2n) is 16.5. The molecular weight excluding hydrogens is 725 g/mol. The molecule has 0 radical (unpaired) electrons. The fourth-order valence-electron chi connectivity index (χ4n) is 10.6. The molecule has 9 heterocycles. The molecule has 6 aromatic rings. The van der Waals surface area contributed by atoms with Crippen LogP contribution in [0.4, 0.5) is 0 Å². The van der Waals surface area contributed by atoms with E-state index in [1.54, 1.807) is 14.2 Å². The summed E-state index contributed by atoms with van der Waals surface area (Å²) in [5.74, 6) is 4.57. The van der Waals surface area contributed by atoms with Gasteiger partial charge in [0.05, 0.1) is 48.1 Å². The lowest BCUT2D eigenvalue weighted by Crippen LogP contribution is -2.55. The quantitative estimate of drug-likeness (QED) is 0.112. The lowest BCUT2D eigenvalue weighted by atomic mass is 9.73. The van der Waals surface area contributed by atoms with E-state index in [-0.39, 0.29) is 24.3 Å². The second kappa shape index (κ2) is 15.3. The first-order chi connectivity index (χ1) is 28.5. The summed E-state index contributed by atoms with van der Waals surface area (Å²) in [5, 5.41) is 13.5. The van der Waals surface area contributed by atoms with Gasteiger partial charge in [-0.1, -0.05) is 24.3 Å². The number of fused-ring (bicyclic) bond motifs is 9. The third-order valence-corrected chi connectivity index (χ3v) is 13.7. The largest absolute Gasteiger partial charge is 0.497 e. The zero-order chi connectivity index (χ0) is 39.3. The van der Waals surface area contributed by atoms with Crippen LogP contribution in [0.3, 0.4) is 0 Å². The first-order valence-corrected chi connectivity index (χ1v) is 20.7. The van der Waals surface area contributed by atoms with Crippen LogP contribution in [0.15, 0.2) is 111 Å². The highest BCUT2D eigenvalue weighted by Crippen LogP contribution is 2.47. The van der Waals surface area contributed by atoms with Crippen molar-refractivity contribution in [3.8, 4) is 23.3 Å². The van der Waals surface area contributed by atoms with E-state index in [4.69, 9.17) is 39.1 Å². The molecule has 3 aromatic carbocycles. The summed E-state index contributed by atoms with van der Waals surface area (Å²) in [6.07, 6.45) is 11.7. The molecule has 0 N–H and O–H groups in total. The smallest absolute Gasteiger partial charge is 0.242 e. The van der Waals surface area contributed by atoms with E-state index < -0.39 is 0 Å². The third kappa shape index (κ3) is 6.43. The minimum atomic E-state index is -0.343. The molecule has 6 fully saturated rings. The van der Waals surface area contributed by atoms with Crippen molar-refractivity contribution in [1.82, 2.24) is 30.0 Å². The van der Waals surface area contributed by atoms with Crippen molar-refractivity contribution in [3.63, 3.8) is 0 Å². The third-order valence-electron chi connectivity index (χ3n) is 13.7. The summed E-state index contributed by atoms with van der Waals surface area (Å²) in [5.41, 5.74) is 3.90. The van der Waals surface area contributed by atoms with Gasteiger partial charge in [-0.15, -0.1) is 23.4 Å². The van der Waals surface area contributed by atoms with Crippen molar-refractivity contribution >= 4 is 32.6 Å². The average Bonchev–Trinajstić information content (AvgIpc) is 3.29. The van der Waals surface area contributed by atoms with Crippen molar-refractivity contribution in [2.75, 3.05) is 40.4 Å². The summed E-state index contributed by atoms with van der Waals surface area (Å²) in [6, 6.07) is 24.7. The first kappa shape index (κ1) is 36.7. The molecule has 3 aromatic heterocycles. The summed E-state index contributed by atoms with van der Waals surface area (Å²) in [4.78, 5) is 14.6. The van der Waals surface area contributed by atoms with E-state index in [0.717, 1.165) is 107 Å². The number of benzene rings is 3. The van der Waals surface area contributed by atoms with Gasteiger partial charge >= 0.3 is 0 Å². The predicted molar refractivity (Wildman–Crippen MR) is 226 cm³/mol. The van der Waals surface area contributed by atoms with Crippen LogP contribution in [0.1, 0.15) is 49.0 Å². The van der Waals surface area contributed by atoms with Crippen LogP contribution in [-0.4, -0.2) is 82.4 Å². The number of pyridine rings is 2. The number of hydrogen-bond acceptors (Lipinski definition) is 10. The fourth-order valence-corrected chi connectivity index (χ4v) is 10.6. The van der Waals surface area contributed by atoms with Gasteiger partial charge in [-0.3, -0.25) is 19.8 Å². The first-order valence-electron chi connectivity index (χ1n) is 20.7. The lowest BCUT2D eigenvalue weighted by molar-refractivity contribution is -0.0382. The van der Waals surface area contributed by atoms with Crippen molar-refractivity contribution in [2.24, 2.45) is 23.7 Å². The topological polar surface area (TPSA) is 95.0 Å². The van der Waals surface area contributed by atoms with Gasteiger partial charge < -0.3 is 18.9 Å². The van der Waals surface area contributed by atoms with E-state index in [1.165, 1.54) is 0 Å². The number of hydrogen-bond donors (Lipinski definition) is 0. The molecule has 9 unspecified atom stereocenters. The Labute approximate surface area is 339 Å². The Kier molecular flexibility index (Phi) is 9.69. The number of piperidine rings is 6. The van der Waals surface area contributed by atoms with Crippen LogP contribution in [0.25, 0.3) is 32.6 Å². The number of rotatable bonds is 12. The summed E-state index contributed by atoms with van der Waals surface area (Å²) >= 11 is 0. The Bertz CT molecular complexity index is 2340. The van der Waals surface area contributed by atoms with E-state index in [9.17, 15) is 0 Å². The van der Waals surface area contributed by atoms with Gasteiger partial charge in [-0.2, -0.15) is 0 Å². The van der Waals surface area contributed by atoms with Crippen molar-refractivity contribution in [2.45, 2.75) is 50.0 Å². The second-order valence-corrected chi connectivity index (χ2v) is 16.5. The van der Waals surface area contributed by atoms with E-state index in [1.807, 2.05) is 48.8 Å². The van der Waals surface area contributed by atoms with Crippen LogP contribution < -0.4 is 18.9 Å². The van der Waals surface area contributed by atoms with Gasteiger partial charge in [0.2, 0.25) is 11.8 Å². The molecule has 10 heteroatoms. The lowest BCUT2D eigenvalue weighted by Gasteiger charge is -2.51. The Hall–Kier alpha value is -5.58. The van der Waals surface area contributed by atoms with E-state index in [2.05, 4.69) is 71.5 Å². The molecule has 296 valence electrons. The minimum absolute atomic E-state index is 0.125. The Morgan fingerprint density at radius 3 is 1.48 bits per heavy atom. The van der Waals surface area contributed by atoms with Gasteiger partial charge in [0.1, 0.15) is 23.7 Å². The number of nitrogens with zero attached hydrogens (tertiary/aromatic N) is 6. The van der Waals surface area contributed by atoms with Crippen LogP contribution in [-0.2, 0) is 0 Å². The molecule has 6 saturated heterocycles. The van der Waals surface area contributed by atoms with Crippen LogP contribution in [0.5, 0.6) is 23.3 Å². The Balaban J connectivity index is 1.07. The van der Waals surface area contributed by atoms with Gasteiger partial charge in [0, 0.05) is 47.4 Å².